The van der Waals surface area contributed by atoms with Crippen LogP contribution in [0.5, 0.6) is 0 Å². The molecule has 2 unspecified atom stereocenters. The summed E-state index contributed by atoms with van der Waals surface area (Å²) >= 11 is 0. The Bertz CT molecular complexity index is 1090. The number of carbonyl (C=O) groups is 1. The van der Waals surface area contributed by atoms with E-state index in [0.717, 1.165) is 18.4 Å². The van der Waals surface area contributed by atoms with Gasteiger partial charge in [0.05, 0.1) is 37.1 Å². The van der Waals surface area contributed by atoms with Crippen LogP contribution in [-0.4, -0.2) is 65.0 Å². The zero-order valence-electron chi connectivity index (χ0n) is 22.3. The second kappa shape index (κ2) is 13.2. The first-order valence-corrected chi connectivity index (χ1v) is 14.0. The van der Waals surface area contributed by atoms with E-state index < -0.39 is 24.3 Å². The highest BCUT2D eigenvalue weighted by molar-refractivity contribution is 5.82. The predicted octanol–water partition coefficient (Wildman–Crippen LogP) is 4.08. The second-order valence-corrected chi connectivity index (χ2v) is 10.9. The molecule has 4 heterocycles. The van der Waals surface area contributed by atoms with E-state index in [1.54, 1.807) is 12.2 Å². The van der Waals surface area contributed by atoms with Gasteiger partial charge in [0.2, 0.25) is 0 Å². The van der Waals surface area contributed by atoms with Crippen LogP contribution in [0.1, 0.15) is 49.7 Å². The maximum Gasteiger partial charge on any atom is 0.330 e. The number of cyclic esters (lactones) is 1. The van der Waals surface area contributed by atoms with Gasteiger partial charge in [-0.1, -0.05) is 66.8 Å². The van der Waals surface area contributed by atoms with E-state index in [1.807, 2.05) is 24.3 Å². The Morgan fingerprint density at radius 1 is 1.05 bits per heavy atom. The van der Waals surface area contributed by atoms with Gasteiger partial charge < -0.3 is 29.2 Å². The van der Waals surface area contributed by atoms with Crippen LogP contribution in [0.15, 0.2) is 72.9 Å². The summed E-state index contributed by atoms with van der Waals surface area (Å²) in [7, 11) is 0. The lowest BCUT2D eigenvalue weighted by Gasteiger charge is -2.25. The highest BCUT2D eigenvalue weighted by Crippen LogP contribution is 2.34. The highest BCUT2D eigenvalue weighted by atomic mass is 16.6. The summed E-state index contributed by atoms with van der Waals surface area (Å²) in [6, 6.07) is 8.16. The predicted molar refractivity (Wildman–Crippen MR) is 147 cm³/mol. The van der Waals surface area contributed by atoms with Crippen LogP contribution < -0.4 is 0 Å². The number of hydrogen-bond donors (Lipinski definition) is 2. The Balaban J connectivity index is 1.25. The molecular formula is C32H39O7. The van der Waals surface area contributed by atoms with Crippen molar-refractivity contribution in [2.24, 2.45) is 0 Å². The molecule has 8 atom stereocenters. The zero-order valence-corrected chi connectivity index (χ0v) is 22.3. The second-order valence-electron chi connectivity index (χ2n) is 10.9. The van der Waals surface area contributed by atoms with Crippen LogP contribution in [0.25, 0.3) is 0 Å². The highest BCUT2D eigenvalue weighted by Gasteiger charge is 2.46. The first-order chi connectivity index (χ1) is 18.9. The lowest BCUT2D eigenvalue weighted by molar-refractivity contribution is -0.148. The molecule has 1 radical (unpaired) electrons. The average molecular weight is 536 g/mol. The van der Waals surface area contributed by atoms with Crippen LogP contribution in [0.2, 0.25) is 0 Å². The van der Waals surface area contributed by atoms with Gasteiger partial charge in [-0.3, -0.25) is 0 Å². The molecule has 39 heavy (non-hydrogen) atoms. The van der Waals surface area contributed by atoms with Crippen LogP contribution in [0, 0.1) is 6.42 Å². The van der Waals surface area contributed by atoms with E-state index in [2.05, 4.69) is 31.2 Å². The Morgan fingerprint density at radius 2 is 1.90 bits per heavy atom. The molecule has 0 saturated carbocycles. The van der Waals surface area contributed by atoms with Crippen molar-refractivity contribution in [3.05, 3.63) is 90.4 Å². The fourth-order valence-electron chi connectivity index (χ4n) is 5.50. The minimum Gasteiger partial charge on any atom is -0.456 e. The maximum absolute atomic E-state index is 12.7. The van der Waals surface area contributed by atoms with Gasteiger partial charge in [-0.2, -0.15) is 0 Å². The molecule has 5 rings (SSSR count). The average Bonchev–Trinajstić information content (AvgIpc) is 3.70. The Kier molecular flexibility index (Phi) is 9.48. The third kappa shape index (κ3) is 7.99. The molecule has 1 aromatic rings. The first-order valence-electron chi connectivity index (χ1n) is 14.0. The number of aliphatic hydroxyl groups is 2. The summed E-state index contributed by atoms with van der Waals surface area (Å²) in [5, 5.41) is 21.7. The molecule has 1 saturated heterocycles. The molecule has 2 N–H and O–H groups in total. The molecule has 7 heteroatoms. The van der Waals surface area contributed by atoms with Gasteiger partial charge in [0, 0.05) is 18.9 Å². The Labute approximate surface area is 230 Å². The number of carbonyl (C=O) groups excluding carboxylic acids is 1. The number of fused-ring (bicyclic) bond motifs is 4. The number of hydrogen-bond acceptors (Lipinski definition) is 7. The van der Waals surface area contributed by atoms with E-state index in [0.29, 0.717) is 32.3 Å². The molecule has 0 amide bonds. The molecule has 0 spiro atoms. The third-order valence-electron chi connectivity index (χ3n) is 7.73. The molecule has 1 fully saturated rings. The molecular weight excluding hydrogens is 496 g/mol. The zero-order chi connectivity index (χ0) is 27.2. The van der Waals surface area contributed by atoms with Crippen molar-refractivity contribution in [3.8, 4) is 0 Å². The van der Waals surface area contributed by atoms with Crippen molar-refractivity contribution < 1.29 is 34.0 Å². The molecule has 1 aromatic carbocycles. The lowest BCUT2D eigenvalue weighted by atomic mass is 9.96. The standard InChI is InChI=1S/C32H39O7/c1-21-7-4-10-24-11-5-12-25(37-24)13-6-14-31(35)38-29(19-30-32(39-30)28(34)17-21)27(33)16-15-26-18-22-8-2-3-9-23(22)20-36-26/h2-6,8-9,12,14-16,24-30,32-34H,1,7,10-11,13,17-20H2/b14-6-,16-15+/t24-,25+,26?,27+,28+,29?,30+,32+/m1/s1. The van der Waals surface area contributed by atoms with Gasteiger partial charge in [-0.05, 0) is 49.7 Å². The summed E-state index contributed by atoms with van der Waals surface area (Å²) < 4.78 is 23.5. The van der Waals surface area contributed by atoms with Crippen LogP contribution in [-0.2, 0) is 36.8 Å². The topological polar surface area (TPSA) is 97.8 Å². The molecule has 7 nitrogen and oxygen atoms in total. The third-order valence-corrected chi connectivity index (χ3v) is 7.73. The van der Waals surface area contributed by atoms with Crippen LogP contribution in [0.4, 0.5) is 0 Å². The number of epoxide rings is 1. The van der Waals surface area contributed by atoms with Crippen molar-refractivity contribution in [2.45, 2.75) is 100 Å². The van der Waals surface area contributed by atoms with E-state index in [9.17, 15) is 15.0 Å². The fraction of sp³-hybridized carbons (Fsp3) is 0.500. The van der Waals surface area contributed by atoms with Gasteiger partial charge in [-0.15, -0.1) is 0 Å². The van der Waals surface area contributed by atoms with Gasteiger partial charge in [-0.25, -0.2) is 4.79 Å². The minimum absolute atomic E-state index is 0.0843. The molecule has 2 bridgehead atoms. The van der Waals surface area contributed by atoms with Gasteiger partial charge in [0.1, 0.15) is 18.3 Å². The van der Waals surface area contributed by atoms with Crippen LogP contribution >= 0.6 is 0 Å². The molecule has 209 valence electrons. The SMILES string of the molecule is C=C1C[CH]C[C@@H]2CC=C[C@@H](C/C=C\C(=O)OC([C@@H](O)/C=C/C3Cc4ccccc4CO3)C[C@@H]3O[C@H]3[C@@H](O)C1)O2. The Morgan fingerprint density at radius 3 is 2.77 bits per heavy atom. The van der Waals surface area contributed by atoms with Gasteiger partial charge in [0.15, 0.2) is 0 Å². The van der Waals surface area contributed by atoms with Crippen molar-refractivity contribution in [3.63, 3.8) is 0 Å². The van der Waals surface area contributed by atoms with E-state index >= 15 is 0 Å². The molecule has 4 aliphatic rings. The van der Waals surface area contributed by atoms with Crippen molar-refractivity contribution in [1.82, 2.24) is 0 Å². The normalized spacial score (nSPS) is 35.7. The number of rotatable bonds is 3. The van der Waals surface area contributed by atoms with Crippen molar-refractivity contribution in [2.75, 3.05) is 0 Å². The number of esters is 1. The Hall–Kier alpha value is -2.55. The van der Waals surface area contributed by atoms with E-state index in [1.165, 1.54) is 17.2 Å². The lowest BCUT2D eigenvalue weighted by Crippen LogP contribution is -2.32. The number of benzene rings is 1. The fourth-order valence-corrected chi connectivity index (χ4v) is 5.50. The van der Waals surface area contributed by atoms with Crippen LogP contribution in [0.3, 0.4) is 0 Å². The smallest absolute Gasteiger partial charge is 0.330 e. The van der Waals surface area contributed by atoms with Crippen molar-refractivity contribution >= 4 is 5.97 Å². The molecule has 0 aliphatic carbocycles. The molecule has 0 aromatic heterocycles. The first kappa shape index (κ1) is 28.0. The monoisotopic (exact) mass is 535 g/mol. The number of aliphatic hydroxyl groups excluding tert-OH is 2. The van der Waals surface area contributed by atoms with Gasteiger partial charge in [0.25, 0.3) is 0 Å². The van der Waals surface area contributed by atoms with E-state index in [-0.39, 0.29) is 36.9 Å². The minimum atomic E-state index is -1.05. The van der Waals surface area contributed by atoms with Crippen molar-refractivity contribution in [1.29, 1.82) is 0 Å². The summed E-state index contributed by atoms with van der Waals surface area (Å²) in [5.41, 5.74) is 3.34. The summed E-state index contributed by atoms with van der Waals surface area (Å²) in [4.78, 5) is 12.7. The summed E-state index contributed by atoms with van der Waals surface area (Å²) in [6.07, 6.45) is 13.8. The van der Waals surface area contributed by atoms with E-state index in [4.69, 9.17) is 18.9 Å². The van der Waals surface area contributed by atoms with Gasteiger partial charge >= 0.3 is 5.97 Å². The quantitative estimate of drug-likeness (QED) is 0.342. The summed E-state index contributed by atoms with van der Waals surface area (Å²) in [6.45, 7) is 4.64. The maximum atomic E-state index is 12.7. The molecule has 4 aliphatic heterocycles. The number of ether oxygens (including phenoxy) is 4. The largest absolute Gasteiger partial charge is 0.456 e. The summed E-state index contributed by atoms with van der Waals surface area (Å²) in [5.74, 6) is -0.535.